The number of hydrogen-bond acceptors (Lipinski definition) is 3. The number of aromatic nitrogens is 2. The maximum absolute atomic E-state index is 12.7. The minimum absolute atomic E-state index is 0.0221. The van der Waals surface area contributed by atoms with Gasteiger partial charge in [-0.2, -0.15) is 0 Å². The summed E-state index contributed by atoms with van der Waals surface area (Å²) in [6, 6.07) is 15.6. The van der Waals surface area contributed by atoms with E-state index in [1.807, 2.05) is 48.5 Å². The summed E-state index contributed by atoms with van der Waals surface area (Å²) in [5.74, 6) is 0. The molecule has 0 saturated heterocycles. The number of fused-ring (bicyclic) bond motifs is 3. The highest BCUT2D eigenvalue weighted by atomic mass is 35.5. The average Bonchev–Trinajstić information content (AvgIpc) is 2.92. The Labute approximate surface area is 135 Å². The number of halogens is 1. The molecule has 0 saturated carbocycles. The third kappa shape index (κ3) is 2.12. The molecule has 2 aromatic carbocycles. The van der Waals surface area contributed by atoms with Gasteiger partial charge in [0.1, 0.15) is 4.70 Å². The molecule has 22 heavy (non-hydrogen) atoms. The van der Waals surface area contributed by atoms with Gasteiger partial charge in [0, 0.05) is 10.1 Å². The van der Waals surface area contributed by atoms with Crippen LogP contribution < -0.4 is 5.56 Å². The van der Waals surface area contributed by atoms with E-state index in [0.717, 1.165) is 15.6 Å². The molecular weight excluding hydrogens is 316 g/mol. The van der Waals surface area contributed by atoms with Crippen LogP contribution in [0.4, 0.5) is 0 Å². The predicted molar refractivity (Wildman–Crippen MR) is 91.9 cm³/mol. The molecule has 3 nitrogen and oxygen atoms in total. The van der Waals surface area contributed by atoms with Crippen LogP contribution in [0.25, 0.3) is 20.3 Å². The van der Waals surface area contributed by atoms with Crippen LogP contribution in [-0.2, 0) is 6.54 Å². The fourth-order valence-electron chi connectivity index (χ4n) is 2.56. The normalized spacial score (nSPS) is 11.3. The van der Waals surface area contributed by atoms with Gasteiger partial charge in [-0.15, -0.1) is 11.3 Å². The largest absolute Gasteiger partial charge is 0.294 e. The maximum atomic E-state index is 12.7. The molecule has 0 spiro atoms. The molecule has 0 unspecified atom stereocenters. The van der Waals surface area contributed by atoms with Crippen LogP contribution in [0.3, 0.4) is 0 Å². The zero-order valence-corrected chi connectivity index (χ0v) is 13.1. The molecule has 2 heterocycles. The van der Waals surface area contributed by atoms with Crippen LogP contribution in [0, 0.1) is 0 Å². The fraction of sp³-hybridized carbons (Fsp3) is 0.0588. The first kappa shape index (κ1) is 13.5. The van der Waals surface area contributed by atoms with E-state index in [-0.39, 0.29) is 5.56 Å². The Kier molecular flexibility index (Phi) is 3.21. The van der Waals surface area contributed by atoms with Crippen LogP contribution in [0.5, 0.6) is 0 Å². The van der Waals surface area contributed by atoms with Crippen LogP contribution in [0.15, 0.2) is 59.7 Å². The molecule has 0 aliphatic carbocycles. The van der Waals surface area contributed by atoms with E-state index < -0.39 is 0 Å². The van der Waals surface area contributed by atoms with Gasteiger partial charge in [-0.05, 0) is 17.7 Å². The van der Waals surface area contributed by atoms with E-state index >= 15 is 0 Å². The van der Waals surface area contributed by atoms with Gasteiger partial charge in [0.25, 0.3) is 5.56 Å². The SMILES string of the molecule is O=c1c2sc3cccc(Cl)c3c2ncn1Cc1ccccc1. The van der Waals surface area contributed by atoms with Gasteiger partial charge in [-0.1, -0.05) is 48.0 Å². The molecule has 0 aliphatic heterocycles. The van der Waals surface area contributed by atoms with Crippen molar-refractivity contribution in [3.63, 3.8) is 0 Å². The van der Waals surface area contributed by atoms with Gasteiger partial charge in [0.2, 0.25) is 0 Å². The molecule has 5 heteroatoms. The number of hydrogen-bond donors (Lipinski definition) is 0. The van der Waals surface area contributed by atoms with Gasteiger partial charge in [0.15, 0.2) is 0 Å². The van der Waals surface area contributed by atoms with Crippen molar-refractivity contribution in [3.8, 4) is 0 Å². The first-order valence-electron chi connectivity index (χ1n) is 6.84. The van der Waals surface area contributed by atoms with Crippen molar-refractivity contribution in [3.05, 3.63) is 75.8 Å². The molecule has 108 valence electrons. The summed E-state index contributed by atoms with van der Waals surface area (Å²) in [7, 11) is 0. The van der Waals surface area contributed by atoms with E-state index in [2.05, 4.69) is 4.98 Å². The molecule has 0 fully saturated rings. The zero-order valence-electron chi connectivity index (χ0n) is 11.5. The van der Waals surface area contributed by atoms with Crippen molar-refractivity contribution in [1.29, 1.82) is 0 Å². The van der Waals surface area contributed by atoms with Gasteiger partial charge >= 0.3 is 0 Å². The van der Waals surface area contributed by atoms with Gasteiger partial charge in [-0.3, -0.25) is 9.36 Å². The Hall–Kier alpha value is -2.17. The van der Waals surface area contributed by atoms with E-state index in [1.165, 1.54) is 11.3 Å². The van der Waals surface area contributed by atoms with Crippen molar-refractivity contribution in [2.24, 2.45) is 0 Å². The molecule has 4 aromatic rings. The number of rotatable bonds is 2. The second-order valence-corrected chi connectivity index (χ2v) is 6.52. The van der Waals surface area contributed by atoms with Gasteiger partial charge in [0.05, 0.1) is 23.4 Å². The van der Waals surface area contributed by atoms with Gasteiger partial charge in [-0.25, -0.2) is 4.98 Å². The molecule has 0 bridgehead atoms. The third-order valence-corrected chi connectivity index (χ3v) is 5.06. The summed E-state index contributed by atoms with van der Waals surface area (Å²) in [5, 5.41) is 1.50. The van der Waals surface area contributed by atoms with Crippen LogP contribution in [0.2, 0.25) is 5.02 Å². The number of benzene rings is 2. The molecule has 0 N–H and O–H groups in total. The summed E-state index contributed by atoms with van der Waals surface area (Å²) in [6.45, 7) is 0.518. The maximum Gasteiger partial charge on any atom is 0.271 e. The lowest BCUT2D eigenvalue weighted by Crippen LogP contribution is -2.20. The second-order valence-electron chi connectivity index (χ2n) is 5.06. The van der Waals surface area contributed by atoms with Crippen molar-refractivity contribution in [2.75, 3.05) is 0 Å². The molecule has 2 aromatic heterocycles. The monoisotopic (exact) mass is 326 g/mol. The molecule has 0 atom stereocenters. The quantitative estimate of drug-likeness (QED) is 0.550. The Morgan fingerprint density at radius 3 is 2.73 bits per heavy atom. The highest BCUT2D eigenvalue weighted by Gasteiger charge is 2.13. The van der Waals surface area contributed by atoms with Crippen molar-refractivity contribution >= 4 is 43.2 Å². The van der Waals surface area contributed by atoms with Crippen molar-refractivity contribution < 1.29 is 0 Å². The van der Waals surface area contributed by atoms with Crippen molar-refractivity contribution in [2.45, 2.75) is 6.54 Å². The minimum Gasteiger partial charge on any atom is -0.294 e. The van der Waals surface area contributed by atoms with E-state index in [4.69, 9.17) is 11.6 Å². The second kappa shape index (κ2) is 5.23. The first-order valence-corrected chi connectivity index (χ1v) is 8.03. The number of nitrogens with zero attached hydrogens (tertiary/aromatic N) is 2. The first-order chi connectivity index (χ1) is 10.7. The Morgan fingerprint density at radius 2 is 1.91 bits per heavy atom. The van der Waals surface area contributed by atoms with Crippen LogP contribution >= 0.6 is 22.9 Å². The fourth-order valence-corrected chi connectivity index (χ4v) is 4.01. The van der Waals surface area contributed by atoms with Crippen LogP contribution in [-0.4, -0.2) is 9.55 Å². The highest BCUT2D eigenvalue weighted by Crippen LogP contribution is 2.34. The molecular formula is C17H11ClN2OS. The minimum atomic E-state index is -0.0221. The summed E-state index contributed by atoms with van der Waals surface area (Å²) in [6.07, 6.45) is 1.60. The highest BCUT2D eigenvalue weighted by molar-refractivity contribution is 7.25. The third-order valence-electron chi connectivity index (χ3n) is 3.62. The molecule has 0 aliphatic rings. The van der Waals surface area contributed by atoms with E-state index in [9.17, 15) is 4.79 Å². The van der Waals surface area contributed by atoms with Crippen molar-refractivity contribution in [1.82, 2.24) is 9.55 Å². The summed E-state index contributed by atoms with van der Waals surface area (Å²) in [5.41, 5.74) is 1.75. The Morgan fingerprint density at radius 1 is 1.09 bits per heavy atom. The smallest absolute Gasteiger partial charge is 0.271 e. The molecule has 0 amide bonds. The summed E-state index contributed by atoms with van der Waals surface area (Å²) < 4.78 is 3.28. The standard InChI is InChI=1S/C17H11ClN2OS/c18-12-7-4-8-13-14(12)15-16(22-13)17(21)20(10-19-15)9-11-5-2-1-3-6-11/h1-8,10H,9H2. The number of thiophene rings is 1. The Balaban J connectivity index is 1.93. The summed E-state index contributed by atoms with van der Waals surface area (Å²) in [4.78, 5) is 17.2. The lowest BCUT2D eigenvalue weighted by Gasteiger charge is -2.05. The Bertz CT molecular complexity index is 1040. The summed E-state index contributed by atoms with van der Waals surface area (Å²) >= 11 is 7.70. The average molecular weight is 327 g/mol. The molecule has 4 rings (SSSR count). The lowest BCUT2D eigenvalue weighted by molar-refractivity contribution is 0.750. The zero-order chi connectivity index (χ0) is 15.1. The van der Waals surface area contributed by atoms with Crippen LogP contribution in [0.1, 0.15) is 5.56 Å². The van der Waals surface area contributed by atoms with E-state index in [0.29, 0.717) is 21.8 Å². The van der Waals surface area contributed by atoms with Gasteiger partial charge < -0.3 is 0 Å². The lowest BCUT2D eigenvalue weighted by atomic mass is 10.2. The van der Waals surface area contributed by atoms with E-state index in [1.54, 1.807) is 10.9 Å². The topological polar surface area (TPSA) is 34.9 Å². The predicted octanol–water partition coefficient (Wildman–Crippen LogP) is 4.31. The molecule has 0 radical (unpaired) electrons.